The first-order chi connectivity index (χ1) is 18.9. The first-order valence-electron chi connectivity index (χ1n) is 13.8. The Balaban J connectivity index is 1.39. The van der Waals surface area contributed by atoms with Gasteiger partial charge in [0.1, 0.15) is 11.6 Å². The molecule has 214 valence electrons. The molecule has 4 rings (SSSR count). The molecule has 2 aromatic heterocycles. The molecule has 11 heteroatoms. The predicted molar refractivity (Wildman–Crippen MR) is 158 cm³/mol. The van der Waals surface area contributed by atoms with Crippen LogP contribution in [0.2, 0.25) is 0 Å². The number of carbonyl (C=O) groups is 2. The normalized spacial score (nSPS) is 16.6. The topological polar surface area (TPSA) is 158 Å². The number of Topliss-reactive ketones (excluding diaryl/α,β-unsaturated/α-hetero) is 1. The Hall–Kier alpha value is -3.70. The summed E-state index contributed by atoms with van der Waals surface area (Å²) >= 11 is 0. The summed E-state index contributed by atoms with van der Waals surface area (Å²) in [5.74, 6) is 6.49. The molecule has 2 aliphatic rings. The van der Waals surface area contributed by atoms with Gasteiger partial charge in [0.25, 0.3) is 5.91 Å². The number of anilines is 2. The van der Waals surface area contributed by atoms with Crippen LogP contribution in [-0.2, 0) is 4.79 Å². The first-order valence-corrected chi connectivity index (χ1v) is 13.8. The van der Waals surface area contributed by atoms with E-state index in [0.29, 0.717) is 22.7 Å². The van der Waals surface area contributed by atoms with Crippen LogP contribution in [0.15, 0.2) is 35.7 Å². The molecule has 0 bridgehead atoms. The standard InChI is InChI=1S/C29H41N9O2/c1-19-25(12-22(15-34-19)28(40)35-27(31)13-26(39)29(2,3)4)38(32)18-24(30)21-11-23(16-33-14-21)37-9-7-36(8-10-37)17-20-5-6-20/h11-12,14-16,20,30H,5-10,13,17-18,32H2,1-4H3,(H2,31,35,40). The van der Waals surface area contributed by atoms with Gasteiger partial charge in [0.15, 0.2) is 0 Å². The lowest BCUT2D eigenvalue weighted by molar-refractivity contribution is -0.125. The van der Waals surface area contributed by atoms with Crippen LogP contribution in [0.5, 0.6) is 0 Å². The van der Waals surface area contributed by atoms with Crippen LogP contribution in [0, 0.1) is 23.7 Å². The van der Waals surface area contributed by atoms with Gasteiger partial charge in [0, 0.05) is 56.1 Å². The summed E-state index contributed by atoms with van der Waals surface area (Å²) in [6.07, 6.45) is 7.55. The Morgan fingerprint density at radius 2 is 1.80 bits per heavy atom. The summed E-state index contributed by atoms with van der Waals surface area (Å²) in [4.78, 5) is 42.4. The van der Waals surface area contributed by atoms with E-state index in [1.807, 2.05) is 12.3 Å². The summed E-state index contributed by atoms with van der Waals surface area (Å²) in [5.41, 5.74) is 8.57. The molecule has 2 fully saturated rings. The van der Waals surface area contributed by atoms with Crippen molar-refractivity contribution in [3.8, 4) is 0 Å². The van der Waals surface area contributed by atoms with Gasteiger partial charge in [-0.2, -0.15) is 4.99 Å². The van der Waals surface area contributed by atoms with Gasteiger partial charge in [0.2, 0.25) is 0 Å². The van der Waals surface area contributed by atoms with E-state index in [-0.39, 0.29) is 30.1 Å². The molecule has 40 heavy (non-hydrogen) atoms. The first kappa shape index (κ1) is 29.3. The van der Waals surface area contributed by atoms with Crippen molar-refractivity contribution in [3.05, 3.63) is 47.5 Å². The summed E-state index contributed by atoms with van der Waals surface area (Å²) in [7, 11) is 0. The Morgan fingerprint density at radius 1 is 1.10 bits per heavy atom. The maximum atomic E-state index is 12.7. The molecule has 0 atom stereocenters. The number of hydrazine groups is 1. The van der Waals surface area contributed by atoms with E-state index < -0.39 is 11.3 Å². The number of hydrogen-bond donors (Lipinski definition) is 3. The Morgan fingerprint density at radius 3 is 2.45 bits per heavy atom. The number of aromatic nitrogens is 2. The van der Waals surface area contributed by atoms with Crippen molar-refractivity contribution in [1.82, 2.24) is 14.9 Å². The quantitative estimate of drug-likeness (QED) is 0.176. The molecule has 0 unspecified atom stereocenters. The maximum Gasteiger partial charge on any atom is 0.280 e. The molecule has 1 aliphatic carbocycles. The fraction of sp³-hybridized carbons (Fsp3) is 0.517. The van der Waals surface area contributed by atoms with Crippen LogP contribution in [0.1, 0.15) is 61.6 Å². The Labute approximate surface area is 236 Å². The van der Waals surface area contributed by atoms with Crippen molar-refractivity contribution in [2.24, 2.45) is 27.9 Å². The number of amidine groups is 1. The molecule has 0 radical (unpaired) electrons. The van der Waals surface area contributed by atoms with E-state index in [2.05, 4.69) is 24.8 Å². The molecule has 0 spiro atoms. The largest absolute Gasteiger partial charge is 0.387 e. The molecule has 3 heterocycles. The molecular formula is C29H41N9O2. The lowest BCUT2D eigenvalue weighted by Crippen LogP contribution is -2.47. The summed E-state index contributed by atoms with van der Waals surface area (Å²) in [6, 6.07) is 3.57. The second-order valence-corrected chi connectivity index (χ2v) is 11.9. The Bertz CT molecular complexity index is 1290. The highest BCUT2D eigenvalue weighted by Crippen LogP contribution is 2.30. The van der Waals surface area contributed by atoms with E-state index in [0.717, 1.165) is 37.8 Å². The minimum atomic E-state index is -0.606. The highest BCUT2D eigenvalue weighted by atomic mass is 16.1. The van der Waals surface area contributed by atoms with Crippen LogP contribution in [-0.4, -0.2) is 77.4 Å². The number of nitrogens with zero attached hydrogens (tertiary/aromatic N) is 6. The average molecular weight is 548 g/mol. The number of nitrogens with one attached hydrogen (secondary N) is 1. The van der Waals surface area contributed by atoms with Gasteiger partial charge in [-0.25, -0.2) is 5.84 Å². The highest BCUT2D eigenvalue weighted by Gasteiger charge is 2.27. The molecule has 11 nitrogen and oxygen atoms in total. The lowest BCUT2D eigenvalue weighted by atomic mass is 9.89. The number of carbonyl (C=O) groups excluding carboxylic acids is 2. The van der Waals surface area contributed by atoms with E-state index in [9.17, 15) is 9.59 Å². The van der Waals surface area contributed by atoms with Gasteiger partial charge in [-0.15, -0.1) is 0 Å². The number of amides is 1. The van der Waals surface area contributed by atoms with Gasteiger partial charge in [-0.05, 0) is 37.8 Å². The van der Waals surface area contributed by atoms with Crippen molar-refractivity contribution in [3.63, 3.8) is 0 Å². The second kappa shape index (κ2) is 12.2. The number of nitrogens with two attached hydrogens (primary N) is 2. The minimum Gasteiger partial charge on any atom is -0.387 e. The third kappa shape index (κ3) is 7.70. The monoisotopic (exact) mass is 547 g/mol. The number of pyridine rings is 2. The highest BCUT2D eigenvalue weighted by molar-refractivity contribution is 6.09. The molecule has 5 N–H and O–H groups in total. The fourth-order valence-electron chi connectivity index (χ4n) is 4.56. The van der Waals surface area contributed by atoms with Crippen molar-refractivity contribution >= 4 is 34.6 Å². The van der Waals surface area contributed by atoms with Crippen LogP contribution >= 0.6 is 0 Å². The summed E-state index contributed by atoms with van der Waals surface area (Å²) < 4.78 is 0. The fourth-order valence-corrected chi connectivity index (χ4v) is 4.56. The molecule has 1 aliphatic heterocycles. The number of hydrogen-bond acceptors (Lipinski definition) is 9. The van der Waals surface area contributed by atoms with Gasteiger partial charge >= 0.3 is 0 Å². The van der Waals surface area contributed by atoms with Gasteiger partial charge in [-0.1, -0.05) is 20.8 Å². The van der Waals surface area contributed by atoms with Crippen LogP contribution in [0.4, 0.5) is 11.4 Å². The van der Waals surface area contributed by atoms with Crippen molar-refractivity contribution < 1.29 is 9.59 Å². The van der Waals surface area contributed by atoms with E-state index in [1.54, 1.807) is 40.0 Å². The SMILES string of the molecule is Cc1ncc(C(=O)N=C(N)CC(=O)C(C)(C)C)cc1N(N)CC(=N)c1cncc(N2CCN(CC3CC3)CC2)c1. The molecule has 1 saturated heterocycles. The third-order valence-corrected chi connectivity index (χ3v) is 7.39. The molecule has 1 amide bonds. The molecule has 2 aromatic rings. The zero-order valence-electron chi connectivity index (χ0n) is 24.0. The zero-order chi connectivity index (χ0) is 29.0. The van der Waals surface area contributed by atoms with Crippen LogP contribution < -0.4 is 21.5 Å². The minimum absolute atomic E-state index is 0.0462. The maximum absolute atomic E-state index is 12.7. The zero-order valence-corrected chi connectivity index (χ0v) is 24.0. The van der Waals surface area contributed by atoms with E-state index >= 15 is 0 Å². The van der Waals surface area contributed by atoms with E-state index in [1.165, 1.54) is 30.6 Å². The van der Waals surface area contributed by atoms with Crippen molar-refractivity contribution in [1.29, 1.82) is 5.41 Å². The number of aryl methyl sites for hydroxylation is 1. The smallest absolute Gasteiger partial charge is 0.280 e. The third-order valence-electron chi connectivity index (χ3n) is 7.39. The Kier molecular flexibility index (Phi) is 8.95. The van der Waals surface area contributed by atoms with Gasteiger partial charge in [0.05, 0.1) is 47.5 Å². The molecule has 0 aromatic carbocycles. The van der Waals surface area contributed by atoms with Gasteiger partial charge < -0.3 is 21.1 Å². The van der Waals surface area contributed by atoms with Crippen molar-refractivity contribution in [2.75, 3.05) is 49.2 Å². The number of ketones is 1. The number of aliphatic imine (C=N–C) groups is 1. The van der Waals surface area contributed by atoms with Crippen LogP contribution in [0.3, 0.4) is 0 Å². The predicted octanol–water partition coefficient (Wildman–Crippen LogP) is 2.57. The van der Waals surface area contributed by atoms with Gasteiger partial charge in [-0.3, -0.25) is 24.5 Å². The summed E-state index contributed by atoms with van der Waals surface area (Å²) in [6.45, 7) is 12.4. The van der Waals surface area contributed by atoms with Crippen molar-refractivity contribution in [2.45, 2.75) is 47.0 Å². The summed E-state index contributed by atoms with van der Waals surface area (Å²) in [5, 5.41) is 10.1. The average Bonchev–Trinajstić information content (AvgIpc) is 3.72. The number of rotatable bonds is 10. The molecule has 1 saturated carbocycles. The van der Waals surface area contributed by atoms with Crippen LogP contribution in [0.25, 0.3) is 0 Å². The van der Waals surface area contributed by atoms with E-state index in [4.69, 9.17) is 17.0 Å². The number of piperazine rings is 1. The second-order valence-electron chi connectivity index (χ2n) is 11.9. The molecular weight excluding hydrogens is 506 g/mol. The lowest BCUT2D eigenvalue weighted by Gasteiger charge is -2.36.